The number of fused-ring (bicyclic) bond motifs is 1. The number of thioether (sulfide) groups is 1. The summed E-state index contributed by atoms with van der Waals surface area (Å²) < 4.78 is 22.1. The van der Waals surface area contributed by atoms with Crippen molar-refractivity contribution in [3.05, 3.63) is 75.5 Å². The van der Waals surface area contributed by atoms with E-state index < -0.39 is 0 Å². The molecule has 1 aliphatic carbocycles. The van der Waals surface area contributed by atoms with Crippen LogP contribution in [0.3, 0.4) is 0 Å². The van der Waals surface area contributed by atoms with E-state index in [0.717, 1.165) is 65.1 Å². The van der Waals surface area contributed by atoms with Crippen molar-refractivity contribution >= 4 is 23.0 Å². The van der Waals surface area contributed by atoms with E-state index in [1.54, 1.807) is 40.2 Å². The lowest BCUT2D eigenvalue weighted by Crippen LogP contribution is -2.31. The van der Waals surface area contributed by atoms with Crippen LogP contribution in [0.4, 0.5) is 0 Å². The summed E-state index contributed by atoms with van der Waals surface area (Å²) in [6.07, 6.45) is 8.71. The number of rotatable bonds is 6. The third-order valence-corrected chi connectivity index (χ3v) is 7.74. The van der Waals surface area contributed by atoms with Crippen molar-refractivity contribution in [2.24, 2.45) is 4.99 Å². The van der Waals surface area contributed by atoms with Crippen LogP contribution in [0.15, 0.2) is 69.3 Å². The first kappa shape index (κ1) is 24.4. The maximum Gasteiger partial charge on any atom is 0.173 e. The second-order valence-corrected chi connectivity index (χ2v) is 10.2. The van der Waals surface area contributed by atoms with Gasteiger partial charge in [-0.2, -0.15) is 0 Å². The summed E-state index contributed by atoms with van der Waals surface area (Å²) in [4.78, 5) is 8.79. The van der Waals surface area contributed by atoms with Gasteiger partial charge in [-0.25, -0.2) is 4.99 Å². The highest BCUT2D eigenvalue weighted by atomic mass is 32.2. The Morgan fingerprint density at radius 1 is 0.861 bits per heavy atom. The van der Waals surface area contributed by atoms with Gasteiger partial charge in [0, 0.05) is 11.1 Å². The number of nitrogens with zero attached hydrogens (tertiary/aromatic N) is 2. The van der Waals surface area contributed by atoms with Gasteiger partial charge in [0.15, 0.2) is 28.2 Å². The van der Waals surface area contributed by atoms with Gasteiger partial charge in [0.1, 0.15) is 0 Å². The standard InChI is InChI=1S/C29H32N2O4S/c1-18-17-31-28(21-11-13-24(33-3)26(16-21)35-5)22-9-7-6-8-20(27(22)30-29(31)36-18)14-19-10-12-23(32-2)25(15-19)34-4/h10-17,28H,6-9H2,1-5H3/b20-14+. The summed E-state index contributed by atoms with van der Waals surface area (Å²) >= 11 is 1.73. The summed E-state index contributed by atoms with van der Waals surface area (Å²) in [5.41, 5.74) is 5.98. The normalized spacial score (nSPS) is 20.3. The molecule has 0 aromatic heterocycles. The van der Waals surface area contributed by atoms with Crippen molar-refractivity contribution in [2.75, 3.05) is 28.4 Å². The maximum absolute atomic E-state index is 5.66. The van der Waals surface area contributed by atoms with Gasteiger partial charge in [-0.15, -0.1) is 0 Å². The van der Waals surface area contributed by atoms with Crippen molar-refractivity contribution < 1.29 is 18.9 Å². The van der Waals surface area contributed by atoms with Gasteiger partial charge in [-0.1, -0.05) is 23.9 Å². The van der Waals surface area contributed by atoms with Gasteiger partial charge in [0.05, 0.1) is 40.2 Å². The molecule has 36 heavy (non-hydrogen) atoms. The molecule has 0 fully saturated rings. The van der Waals surface area contributed by atoms with Crippen molar-refractivity contribution in [3.63, 3.8) is 0 Å². The monoisotopic (exact) mass is 504 g/mol. The molecule has 188 valence electrons. The van der Waals surface area contributed by atoms with Gasteiger partial charge in [-0.05, 0) is 85.2 Å². The predicted molar refractivity (Wildman–Crippen MR) is 146 cm³/mol. The summed E-state index contributed by atoms with van der Waals surface area (Å²) in [6, 6.07) is 12.4. The van der Waals surface area contributed by atoms with Crippen LogP contribution in [0.2, 0.25) is 0 Å². The average molecular weight is 505 g/mol. The minimum absolute atomic E-state index is 0.0594. The number of ether oxygens (including phenoxy) is 4. The Hall–Kier alpha value is -3.32. The number of hydrogen-bond acceptors (Lipinski definition) is 7. The van der Waals surface area contributed by atoms with Gasteiger partial charge < -0.3 is 23.8 Å². The molecule has 0 bridgehead atoms. The van der Waals surface area contributed by atoms with Crippen molar-refractivity contribution in [1.29, 1.82) is 0 Å². The lowest BCUT2D eigenvalue weighted by Gasteiger charge is -2.35. The zero-order valence-electron chi connectivity index (χ0n) is 21.5. The van der Waals surface area contributed by atoms with Crippen molar-refractivity contribution in [1.82, 2.24) is 4.90 Å². The number of methoxy groups -OCH3 is 4. The maximum atomic E-state index is 5.66. The zero-order chi connectivity index (χ0) is 25.2. The number of hydrogen-bond donors (Lipinski definition) is 0. The van der Waals surface area contributed by atoms with E-state index in [2.05, 4.69) is 42.3 Å². The molecule has 1 atom stereocenters. The molecule has 2 heterocycles. The highest BCUT2D eigenvalue weighted by Crippen LogP contribution is 2.49. The molecule has 0 saturated heterocycles. The van der Waals surface area contributed by atoms with E-state index in [0.29, 0.717) is 0 Å². The first-order valence-electron chi connectivity index (χ1n) is 12.2. The highest BCUT2D eigenvalue weighted by Gasteiger charge is 2.37. The Balaban J connectivity index is 1.64. The fourth-order valence-corrected chi connectivity index (χ4v) is 6.01. The largest absolute Gasteiger partial charge is 0.493 e. The second kappa shape index (κ2) is 10.3. The molecule has 0 radical (unpaired) electrons. The van der Waals surface area contributed by atoms with Gasteiger partial charge in [0.2, 0.25) is 0 Å². The molecule has 0 spiro atoms. The van der Waals surface area contributed by atoms with Gasteiger partial charge in [0.25, 0.3) is 0 Å². The Morgan fingerprint density at radius 2 is 1.53 bits per heavy atom. The summed E-state index contributed by atoms with van der Waals surface area (Å²) in [6.45, 7) is 2.14. The summed E-state index contributed by atoms with van der Waals surface area (Å²) in [5.74, 6) is 2.93. The zero-order valence-corrected chi connectivity index (χ0v) is 22.3. The molecule has 0 amide bonds. The number of benzene rings is 2. The molecule has 1 unspecified atom stereocenters. The van der Waals surface area contributed by atoms with E-state index in [9.17, 15) is 0 Å². The van der Waals surface area contributed by atoms with E-state index in [-0.39, 0.29) is 6.04 Å². The SMILES string of the molecule is COc1ccc(/C=C2\CCCCC3=C2N=C2SC(C)=CN2C3c2ccc(OC)c(OC)c2)cc1OC. The van der Waals surface area contributed by atoms with E-state index in [1.807, 2.05) is 18.2 Å². The van der Waals surface area contributed by atoms with Gasteiger partial charge in [-0.3, -0.25) is 0 Å². The van der Waals surface area contributed by atoms with E-state index >= 15 is 0 Å². The summed E-state index contributed by atoms with van der Waals surface area (Å²) in [7, 11) is 6.68. The van der Waals surface area contributed by atoms with Crippen LogP contribution in [0.1, 0.15) is 49.8 Å². The van der Waals surface area contributed by atoms with Crippen molar-refractivity contribution in [2.45, 2.75) is 38.6 Å². The van der Waals surface area contributed by atoms with Crippen LogP contribution in [-0.2, 0) is 0 Å². The fraction of sp³-hybridized carbons (Fsp3) is 0.345. The van der Waals surface area contributed by atoms with Crippen LogP contribution < -0.4 is 18.9 Å². The van der Waals surface area contributed by atoms with Crippen LogP contribution in [-0.4, -0.2) is 38.5 Å². The third-order valence-electron chi connectivity index (χ3n) is 6.83. The first-order chi connectivity index (χ1) is 17.6. The second-order valence-electron chi connectivity index (χ2n) is 9.03. The van der Waals surface area contributed by atoms with Crippen LogP contribution in [0, 0.1) is 0 Å². The summed E-state index contributed by atoms with van der Waals surface area (Å²) in [5, 5.41) is 1.02. The molecule has 0 N–H and O–H groups in total. The van der Waals surface area contributed by atoms with E-state index in [1.165, 1.54) is 21.6 Å². The Bertz CT molecular complexity index is 1290. The number of amidine groups is 1. The lowest BCUT2D eigenvalue weighted by molar-refractivity contribution is 0.353. The lowest BCUT2D eigenvalue weighted by atomic mass is 9.90. The minimum Gasteiger partial charge on any atom is -0.493 e. The van der Waals surface area contributed by atoms with Crippen LogP contribution >= 0.6 is 11.8 Å². The molecule has 5 rings (SSSR count). The van der Waals surface area contributed by atoms with E-state index in [4.69, 9.17) is 23.9 Å². The Kier molecular flexibility index (Phi) is 7.01. The number of aliphatic imine (C=N–C) groups is 1. The molecule has 6 nitrogen and oxygen atoms in total. The fourth-order valence-electron chi connectivity index (χ4n) is 5.16. The Labute approximate surface area is 217 Å². The first-order valence-corrected chi connectivity index (χ1v) is 13.0. The average Bonchev–Trinajstić information content (AvgIpc) is 3.17. The molecule has 0 saturated carbocycles. The quantitative estimate of drug-likeness (QED) is 0.424. The Morgan fingerprint density at radius 3 is 2.25 bits per heavy atom. The van der Waals surface area contributed by atoms with Crippen LogP contribution in [0.25, 0.3) is 6.08 Å². The molecular weight excluding hydrogens is 472 g/mol. The smallest absolute Gasteiger partial charge is 0.173 e. The third kappa shape index (κ3) is 4.48. The molecular formula is C29H32N2O4S. The topological polar surface area (TPSA) is 52.5 Å². The van der Waals surface area contributed by atoms with Gasteiger partial charge >= 0.3 is 0 Å². The molecule has 2 aromatic rings. The molecule has 2 aromatic carbocycles. The van der Waals surface area contributed by atoms with Crippen molar-refractivity contribution in [3.8, 4) is 23.0 Å². The van der Waals surface area contributed by atoms with Crippen LogP contribution in [0.5, 0.6) is 23.0 Å². The number of allylic oxidation sites excluding steroid dienone is 2. The predicted octanol–water partition coefficient (Wildman–Crippen LogP) is 6.95. The highest BCUT2D eigenvalue weighted by molar-refractivity contribution is 8.17. The minimum atomic E-state index is 0.0594. The molecule has 2 aliphatic heterocycles. The molecule has 3 aliphatic rings. The molecule has 7 heteroatoms.